The van der Waals surface area contributed by atoms with E-state index in [2.05, 4.69) is 0 Å². The van der Waals surface area contributed by atoms with Gasteiger partial charge in [-0.3, -0.25) is 9.59 Å². The number of sulfonamides is 1. The SMILES string of the molecule is O=C(c1ccc(Cl)cc1N1CCCC1=O)N1CCN(S(=O)(=O)c2ccc3c(c2)CCC3)CC1. The lowest BCUT2D eigenvalue weighted by Gasteiger charge is -2.34. The Balaban J connectivity index is 1.32. The van der Waals surface area contributed by atoms with Gasteiger partial charge in [-0.2, -0.15) is 4.31 Å². The molecule has 5 rings (SSSR count). The summed E-state index contributed by atoms with van der Waals surface area (Å²) < 4.78 is 27.9. The van der Waals surface area contributed by atoms with Crippen LogP contribution in [0.15, 0.2) is 41.3 Å². The Morgan fingerprint density at radius 1 is 0.848 bits per heavy atom. The van der Waals surface area contributed by atoms with E-state index in [0.717, 1.165) is 31.2 Å². The molecule has 0 aromatic heterocycles. The number of carbonyl (C=O) groups is 2. The summed E-state index contributed by atoms with van der Waals surface area (Å²) in [7, 11) is -3.61. The lowest BCUT2D eigenvalue weighted by atomic mass is 10.1. The summed E-state index contributed by atoms with van der Waals surface area (Å²) >= 11 is 6.16. The smallest absolute Gasteiger partial charge is 0.256 e. The molecule has 7 nitrogen and oxygen atoms in total. The van der Waals surface area contributed by atoms with Gasteiger partial charge in [0.1, 0.15) is 0 Å². The Morgan fingerprint density at radius 3 is 2.33 bits per heavy atom. The van der Waals surface area contributed by atoms with Crippen LogP contribution in [0.1, 0.15) is 40.7 Å². The number of anilines is 1. The summed E-state index contributed by atoms with van der Waals surface area (Å²) in [5, 5.41) is 0.464. The van der Waals surface area contributed by atoms with Gasteiger partial charge in [-0.15, -0.1) is 0 Å². The van der Waals surface area contributed by atoms with Crippen LogP contribution < -0.4 is 4.90 Å². The first-order valence-corrected chi connectivity index (χ1v) is 13.2. The number of hydrogen-bond donors (Lipinski definition) is 0. The minimum absolute atomic E-state index is 0.0171. The van der Waals surface area contributed by atoms with Crippen molar-refractivity contribution in [1.82, 2.24) is 9.21 Å². The summed E-state index contributed by atoms with van der Waals surface area (Å²) in [6.45, 7) is 1.61. The molecule has 0 unspecified atom stereocenters. The second-order valence-corrected chi connectivity index (χ2v) is 11.2. The van der Waals surface area contributed by atoms with Gasteiger partial charge in [0, 0.05) is 44.2 Å². The molecule has 2 aromatic carbocycles. The second-order valence-electron chi connectivity index (χ2n) is 8.79. The predicted molar refractivity (Wildman–Crippen MR) is 126 cm³/mol. The fourth-order valence-corrected chi connectivity index (χ4v) is 6.61. The number of aryl methyl sites for hydroxylation is 2. The Bertz CT molecular complexity index is 1220. The van der Waals surface area contributed by atoms with Gasteiger partial charge in [-0.25, -0.2) is 8.42 Å². The first kappa shape index (κ1) is 22.4. The quantitative estimate of drug-likeness (QED) is 0.664. The molecule has 0 saturated carbocycles. The zero-order chi connectivity index (χ0) is 23.2. The van der Waals surface area contributed by atoms with E-state index in [4.69, 9.17) is 11.6 Å². The van der Waals surface area contributed by atoms with Gasteiger partial charge in [-0.05, 0) is 67.1 Å². The lowest BCUT2D eigenvalue weighted by Crippen LogP contribution is -2.50. The number of amides is 2. The zero-order valence-corrected chi connectivity index (χ0v) is 19.9. The summed E-state index contributed by atoms with van der Waals surface area (Å²) in [5.41, 5.74) is 3.31. The molecule has 0 N–H and O–H groups in total. The van der Waals surface area contributed by atoms with Gasteiger partial charge in [0.25, 0.3) is 5.91 Å². The van der Waals surface area contributed by atoms with Gasteiger partial charge in [0.05, 0.1) is 16.1 Å². The minimum atomic E-state index is -3.61. The van der Waals surface area contributed by atoms with E-state index in [0.29, 0.717) is 47.2 Å². The molecule has 33 heavy (non-hydrogen) atoms. The van der Waals surface area contributed by atoms with Crippen molar-refractivity contribution >= 4 is 39.1 Å². The molecule has 2 aliphatic heterocycles. The van der Waals surface area contributed by atoms with E-state index in [1.165, 1.54) is 9.87 Å². The van der Waals surface area contributed by atoms with Crippen molar-refractivity contribution in [3.8, 4) is 0 Å². The molecule has 2 amide bonds. The summed E-state index contributed by atoms with van der Waals surface area (Å²) in [4.78, 5) is 29.2. The third-order valence-electron chi connectivity index (χ3n) is 6.79. The van der Waals surface area contributed by atoms with Crippen molar-refractivity contribution in [2.45, 2.75) is 37.0 Å². The van der Waals surface area contributed by atoms with Crippen molar-refractivity contribution in [3.63, 3.8) is 0 Å². The number of piperazine rings is 1. The van der Waals surface area contributed by atoms with E-state index < -0.39 is 10.0 Å². The molecule has 0 atom stereocenters. The van der Waals surface area contributed by atoms with Crippen molar-refractivity contribution in [1.29, 1.82) is 0 Å². The van der Waals surface area contributed by atoms with Gasteiger partial charge < -0.3 is 9.80 Å². The number of hydrogen-bond acceptors (Lipinski definition) is 4. The first-order chi connectivity index (χ1) is 15.8. The molecule has 2 fully saturated rings. The average Bonchev–Trinajstić information content (AvgIpc) is 3.46. The standard InChI is InChI=1S/C24H26ClN3O4S/c25-19-7-9-21(22(16-19)28-10-2-5-23(28)29)24(30)26-11-13-27(14-12-26)33(31,32)20-8-6-17-3-1-4-18(17)15-20/h6-9,15-16H,1-5,10-14H2. The maximum absolute atomic E-state index is 13.3. The van der Waals surface area contributed by atoms with Crippen LogP contribution in [0.5, 0.6) is 0 Å². The molecule has 2 heterocycles. The highest BCUT2D eigenvalue weighted by molar-refractivity contribution is 7.89. The Hall–Kier alpha value is -2.42. The molecule has 2 aromatic rings. The molecule has 2 saturated heterocycles. The summed E-state index contributed by atoms with van der Waals surface area (Å²) in [5.74, 6) is -0.229. The molecule has 174 valence electrons. The van der Waals surface area contributed by atoms with Gasteiger partial charge in [0.2, 0.25) is 15.9 Å². The number of rotatable bonds is 4. The minimum Gasteiger partial charge on any atom is -0.336 e. The van der Waals surface area contributed by atoms with Crippen molar-refractivity contribution in [2.24, 2.45) is 0 Å². The topological polar surface area (TPSA) is 78.0 Å². The molecule has 0 bridgehead atoms. The monoisotopic (exact) mass is 487 g/mol. The van der Waals surface area contributed by atoms with Gasteiger partial charge >= 0.3 is 0 Å². The molecule has 1 aliphatic carbocycles. The van der Waals surface area contributed by atoms with Crippen LogP contribution in [0, 0.1) is 0 Å². The number of benzene rings is 2. The van der Waals surface area contributed by atoms with Crippen LogP contribution in [0.25, 0.3) is 0 Å². The van der Waals surface area contributed by atoms with Crippen molar-refractivity contribution in [3.05, 3.63) is 58.1 Å². The molecule has 9 heteroatoms. The Morgan fingerprint density at radius 2 is 1.61 bits per heavy atom. The normalized spacial score (nSPS) is 19.2. The van der Waals surface area contributed by atoms with Gasteiger partial charge in [0.15, 0.2) is 0 Å². The Kier molecular flexibility index (Phi) is 5.93. The highest BCUT2D eigenvalue weighted by Gasteiger charge is 2.33. The van der Waals surface area contributed by atoms with E-state index in [1.54, 1.807) is 34.1 Å². The van der Waals surface area contributed by atoms with Crippen molar-refractivity contribution < 1.29 is 18.0 Å². The summed E-state index contributed by atoms with van der Waals surface area (Å²) in [6.07, 6.45) is 4.20. The molecular weight excluding hydrogens is 462 g/mol. The third-order valence-corrected chi connectivity index (χ3v) is 8.92. The maximum Gasteiger partial charge on any atom is 0.256 e. The Labute approximate surface area is 199 Å². The molecule has 3 aliphatic rings. The first-order valence-electron chi connectivity index (χ1n) is 11.4. The number of fused-ring (bicyclic) bond motifs is 1. The number of halogens is 1. The predicted octanol–water partition coefficient (Wildman–Crippen LogP) is 3.10. The number of carbonyl (C=O) groups excluding carboxylic acids is 2. The highest BCUT2D eigenvalue weighted by Crippen LogP contribution is 2.31. The second kappa shape index (κ2) is 8.74. The fraction of sp³-hybridized carbons (Fsp3) is 0.417. The van der Waals surface area contributed by atoms with Crippen LogP contribution in [0.4, 0.5) is 5.69 Å². The van der Waals surface area contributed by atoms with Crippen LogP contribution >= 0.6 is 11.6 Å². The zero-order valence-electron chi connectivity index (χ0n) is 18.3. The number of nitrogens with zero attached hydrogens (tertiary/aromatic N) is 3. The fourth-order valence-electron chi connectivity index (χ4n) is 4.97. The van der Waals surface area contributed by atoms with Crippen LogP contribution in [0.2, 0.25) is 5.02 Å². The van der Waals surface area contributed by atoms with Crippen LogP contribution in [-0.2, 0) is 27.7 Å². The van der Waals surface area contributed by atoms with Gasteiger partial charge in [-0.1, -0.05) is 17.7 Å². The van der Waals surface area contributed by atoms with Crippen molar-refractivity contribution in [2.75, 3.05) is 37.6 Å². The average molecular weight is 488 g/mol. The van der Waals surface area contributed by atoms with Crippen LogP contribution in [0.3, 0.4) is 0 Å². The summed E-state index contributed by atoms with van der Waals surface area (Å²) in [6, 6.07) is 10.4. The van der Waals surface area contributed by atoms with E-state index >= 15 is 0 Å². The third kappa shape index (κ3) is 4.16. The highest BCUT2D eigenvalue weighted by atomic mass is 35.5. The molecular formula is C24H26ClN3O4S. The van der Waals surface area contributed by atoms with E-state index in [1.807, 2.05) is 12.1 Å². The van der Waals surface area contributed by atoms with E-state index in [-0.39, 0.29) is 24.9 Å². The van der Waals surface area contributed by atoms with E-state index in [9.17, 15) is 18.0 Å². The molecule has 0 spiro atoms. The van der Waals surface area contributed by atoms with Crippen LogP contribution in [-0.4, -0.2) is 62.2 Å². The largest absolute Gasteiger partial charge is 0.336 e. The maximum atomic E-state index is 13.3. The lowest BCUT2D eigenvalue weighted by molar-refractivity contribution is -0.117. The molecule has 0 radical (unpaired) electrons.